The molecule has 0 aliphatic rings. The Morgan fingerprint density at radius 1 is 1.06 bits per heavy atom. The minimum absolute atomic E-state index is 0.262. The molecule has 0 spiro atoms. The Bertz CT molecular complexity index is 631. The first-order chi connectivity index (χ1) is 8.84. The number of hydrogen-bond donors (Lipinski definition) is 0. The maximum absolute atomic E-state index is 8.06. The largest absolute Gasteiger partial charge is 0.215 e. The molecule has 0 radical (unpaired) electrons. The van der Waals surface area contributed by atoms with Gasteiger partial charge in [-0.3, -0.25) is 0 Å². The zero-order valence-electron chi connectivity index (χ0n) is 13.2. The van der Waals surface area contributed by atoms with Gasteiger partial charge in [-0.15, -0.1) is 0 Å². The predicted octanol–water partition coefficient (Wildman–Crippen LogP) is 3.41. The SMILES string of the molecule is [2H]c1c(C)c(C)c(-c2ccc(C)cc2C)[n+](C)c1[2H]. The summed E-state index contributed by atoms with van der Waals surface area (Å²) in [6.07, 6.45) is 0.262. The molecule has 1 heterocycles. The molecule has 2 rings (SSSR count). The number of aryl methyl sites for hydroxylation is 2. The highest BCUT2D eigenvalue weighted by Crippen LogP contribution is 2.25. The van der Waals surface area contributed by atoms with E-state index in [1.54, 1.807) is 0 Å². The quantitative estimate of drug-likeness (QED) is 0.659. The Morgan fingerprint density at radius 2 is 1.76 bits per heavy atom. The number of benzene rings is 1. The lowest BCUT2D eigenvalue weighted by molar-refractivity contribution is -0.660. The van der Waals surface area contributed by atoms with Crippen LogP contribution in [-0.2, 0) is 7.05 Å². The summed E-state index contributed by atoms with van der Waals surface area (Å²) in [7, 11) is 1.86. The molecule has 0 aliphatic heterocycles. The van der Waals surface area contributed by atoms with E-state index in [0.717, 1.165) is 22.4 Å². The van der Waals surface area contributed by atoms with Crippen molar-refractivity contribution in [3.05, 3.63) is 52.7 Å². The van der Waals surface area contributed by atoms with Crippen LogP contribution < -0.4 is 4.57 Å². The van der Waals surface area contributed by atoms with Gasteiger partial charge in [0.25, 0.3) is 0 Å². The highest BCUT2D eigenvalue weighted by Gasteiger charge is 2.16. The van der Waals surface area contributed by atoms with Crippen molar-refractivity contribution in [2.75, 3.05) is 0 Å². The summed E-state index contributed by atoms with van der Waals surface area (Å²) in [5.74, 6) is 0. The number of aromatic nitrogens is 1. The number of rotatable bonds is 1. The average Bonchev–Trinajstić information content (AvgIpc) is 2.37. The van der Waals surface area contributed by atoms with Crippen LogP contribution in [0, 0.1) is 27.7 Å². The summed E-state index contributed by atoms with van der Waals surface area (Å²) < 4.78 is 17.8. The molecule has 0 amide bonds. The third-order valence-electron chi connectivity index (χ3n) is 3.30. The van der Waals surface area contributed by atoms with Gasteiger partial charge < -0.3 is 0 Å². The minimum atomic E-state index is 0.262. The van der Waals surface area contributed by atoms with Gasteiger partial charge in [-0.1, -0.05) is 17.7 Å². The van der Waals surface area contributed by atoms with Gasteiger partial charge in [0, 0.05) is 17.2 Å². The van der Waals surface area contributed by atoms with E-state index in [1.807, 2.05) is 25.5 Å². The van der Waals surface area contributed by atoms with Crippen LogP contribution >= 0.6 is 0 Å². The van der Waals surface area contributed by atoms with Gasteiger partial charge in [-0.05, 0) is 44.9 Å². The van der Waals surface area contributed by atoms with E-state index in [0.29, 0.717) is 6.04 Å². The fraction of sp³-hybridized carbons (Fsp3) is 0.312. The average molecular weight is 228 g/mol. The van der Waals surface area contributed by atoms with E-state index in [9.17, 15) is 0 Å². The predicted molar refractivity (Wildman–Crippen MR) is 72.0 cm³/mol. The Labute approximate surface area is 107 Å². The molecule has 0 unspecified atom stereocenters. The van der Waals surface area contributed by atoms with Crippen molar-refractivity contribution in [1.82, 2.24) is 0 Å². The summed E-state index contributed by atoms with van der Waals surface area (Å²) in [4.78, 5) is 0. The van der Waals surface area contributed by atoms with Crippen LogP contribution in [-0.4, -0.2) is 0 Å². The molecule has 0 N–H and O–H groups in total. The molecule has 1 aromatic carbocycles. The first-order valence-corrected chi connectivity index (χ1v) is 5.88. The molecule has 1 heteroatoms. The number of hydrogen-bond acceptors (Lipinski definition) is 0. The Kier molecular flexibility index (Phi) is 2.39. The first kappa shape index (κ1) is 9.41. The fourth-order valence-corrected chi connectivity index (χ4v) is 2.21. The lowest BCUT2D eigenvalue weighted by Crippen LogP contribution is -2.32. The molecule has 0 bridgehead atoms. The van der Waals surface area contributed by atoms with Crippen LogP contribution in [0.5, 0.6) is 0 Å². The molecule has 17 heavy (non-hydrogen) atoms. The van der Waals surface area contributed by atoms with E-state index in [2.05, 4.69) is 32.0 Å². The van der Waals surface area contributed by atoms with Crippen LogP contribution in [0.25, 0.3) is 11.3 Å². The molecular weight excluding hydrogens is 206 g/mol. The summed E-state index contributed by atoms with van der Waals surface area (Å²) >= 11 is 0. The van der Waals surface area contributed by atoms with Crippen molar-refractivity contribution in [3.8, 4) is 11.3 Å². The summed E-state index contributed by atoms with van der Waals surface area (Å²) in [5.41, 5.74) is 6.59. The summed E-state index contributed by atoms with van der Waals surface area (Å²) in [6, 6.07) is 6.67. The van der Waals surface area contributed by atoms with Crippen LogP contribution in [0.15, 0.2) is 30.4 Å². The third-order valence-corrected chi connectivity index (χ3v) is 3.30. The summed E-state index contributed by atoms with van der Waals surface area (Å²) in [6.45, 7) is 8.12. The monoisotopic (exact) mass is 228 g/mol. The zero-order chi connectivity index (χ0) is 14.3. The van der Waals surface area contributed by atoms with Crippen LogP contribution in [0.1, 0.15) is 25.0 Å². The number of pyridine rings is 1. The normalized spacial score (nSPS) is 12.3. The second-order valence-corrected chi connectivity index (χ2v) is 4.71. The molecule has 0 saturated heterocycles. The standard InChI is InChI=1S/C16H20N/c1-11-6-7-15(13(3)10-11)16-14(4)12(2)8-9-17(16)5/h6-10H,1-5H3/q+1/i8D,9D. The van der Waals surface area contributed by atoms with Crippen molar-refractivity contribution in [3.63, 3.8) is 0 Å². The van der Waals surface area contributed by atoms with Gasteiger partial charge in [0.15, 0.2) is 6.17 Å². The molecular formula is C16H20N+. The molecule has 1 aromatic heterocycles. The molecule has 0 saturated carbocycles. The topological polar surface area (TPSA) is 3.88 Å². The van der Waals surface area contributed by atoms with E-state index < -0.39 is 0 Å². The fourth-order valence-electron chi connectivity index (χ4n) is 2.21. The first-order valence-electron chi connectivity index (χ1n) is 6.88. The minimum Gasteiger partial charge on any atom is -0.201 e. The van der Waals surface area contributed by atoms with Crippen molar-refractivity contribution in [2.45, 2.75) is 27.7 Å². The van der Waals surface area contributed by atoms with Gasteiger partial charge in [-0.2, -0.15) is 0 Å². The van der Waals surface area contributed by atoms with E-state index in [-0.39, 0.29) is 6.17 Å². The lowest BCUT2D eigenvalue weighted by atomic mass is 9.97. The Balaban J connectivity index is 2.83. The second-order valence-electron chi connectivity index (χ2n) is 4.71. The summed E-state index contributed by atoms with van der Waals surface area (Å²) in [5, 5.41) is 0. The highest BCUT2D eigenvalue weighted by atomic mass is 14.9. The lowest BCUT2D eigenvalue weighted by Gasteiger charge is -2.09. The molecule has 88 valence electrons. The van der Waals surface area contributed by atoms with Crippen molar-refractivity contribution in [2.24, 2.45) is 7.05 Å². The van der Waals surface area contributed by atoms with Gasteiger partial charge in [0.1, 0.15) is 8.42 Å². The van der Waals surface area contributed by atoms with Gasteiger partial charge in [-0.25, -0.2) is 4.57 Å². The Hall–Kier alpha value is -1.63. The van der Waals surface area contributed by atoms with Crippen molar-refractivity contribution in [1.29, 1.82) is 0 Å². The van der Waals surface area contributed by atoms with Gasteiger partial charge in [0.05, 0.1) is 1.37 Å². The van der Waals surface area contributed by atoms with Gasteiger partial charge in [0.2, 0.25) is 5.69 Å². The van der Waals surface area contributed by atoms with Crippen LogP contribution in [0.2, 0.25) is 0 Å². The van der Waals surface area contributed by atoms with E-state index >= 15 is 0 Å². The Morgan fingerprint density at radius 3 is 2.41 bits per heavy atom. The smallest absolute Gasteiger partial charge is 0.201 e. The number of nitrogens with zero attached hydrogens (tertiary/aromatic N) is 1. The maximum atomic E-state index is 8.06. The van der Waals surface area contributed by atoms with Crippen LogP contribution in [0.3, 0.4) is 0 Å². The van der Waals surface area contributed by atoms with Crippen LogP contribution in [0.4, 0.5) is 0 Å². The molecule has 1 nitrogen and oxygen atoms in total. The second kappa shape index (κ2) is 4.33. The van der Waals surface area contributed by atoms with Gasteiger partial charge >= 0.3 is 0 Å². The molecule has 0 fully saturated rings. The van der Waals surface area contributed by atoms with E-state index in [4.69, 9.17) is 2.74 Å². The zero-order valence-corrected chi connectivity index (χ0v) is 11.2. The molecule has 2 aromatic rings. The maximum Gasteiger partial charge on any atom is 0.215 e. The van der Waals surface area contributed by atoms with Crippen molar-refractivity contribution >= 4 is 0 Å². The molecule has 0 aliphatic carbocycles. The third kappa shape index (κ3) is 2.10. The van der Waals surface area contributed by atoms with E-state index in [1.165, 1.54) is 11.1 Å². The molecule has 0 atom stereocenters. The highest BCUT2D eigenvalue weighted by molar-refractivity contribution is 5.65. The van der Waals surface area contributed by atoms with Crippen molar-refractivity contribution < 1.29 is 7.31 Å².